The van der Waals surface area contributed by atoms with E-state index >= 15 is 0 Å². The molecule has 2 aromatic heterocycles. The first-order valence-corrected chi connectivity index (χ1v) is 4.77. The van der Waals surface area contributed by atoms with Gasteiger partial charge in [0.05, 0.1) is 6.20 Å². The van der Waals surface area contributed by atoms with E-state index in [2.05, 4.69) is 26.1 Å². The highest BCUT2D eigenvalue weighted by Crippen LogP contribution is 2.23. The normalized spacial score (nSPS) is 10.2. The standard InChI is InChI=1S/C9H5BrN2O3/c10-7-2-1-5(3-11-7)8-6(9(13)14)4-12-15-8/h1-4H,(H,13,14). The largest absolute Gasteiger partial charge is 0.477 e. The molecule has 6 heteroatoms. The Balaban J connectivity index is 2.49. The average molecular weight is 269 g/mol. The van der Waals surface area contributed by atoms with Gasteiger partial charge in [-0.15, -0.1) is 0 Å². The van der Waals surface area contributed by atoms with Crippen LogP contribution < -0.4 is 0 Å². The molecule has 0 aliphatic rings. The van der Waals surface area contributed by atoms with E-state index in [4.69, 9.17) is 9.63 Å². The molecular formula is C9H5BrN2O3. The molecule has 2 aromatic rings. The van der Waals surface area contributed by atoms with Crippen LogP contribution in [0.5, 0.6) is 0 Å². The summed E-state index contributed by atoms with van der Waals surface area (Å²) in [5.41, 5.74) is 0.604. The molecule has 1 N–H and O–H groups in total. The summed E-state index contributed by atoms with van der Waals surface area (Å²) in [6.45, 7) is 0. The third kappa shape index (κ3) is 1.89. The van der Waals surface area contributed by atoms with Crippen LogP contribution in [-0.4, -0.2) is 21.2 Å². The SMILES string of the molecule is O=C(O)c1cnoc1-c1ccc(Br)nc1. The number of hydrogen-bond donors (Lipinski definition) is 1. The summed E-state index contributed by atoms with van der Waals surface area (Å²) in [5.74, 6) is -0.864. The van der Waals surface area contributed by atoms with Gasteiger partial charge in [0.25, 0.3) is 0 Å². The molecule has 0 saturated carbocycles. The highest BCUT2D eigenvalue weighted by atomic mass is 79.9. The molecule has 0 saturated heterocycles. The van der Waals surface area contributed by atoms with Crippen molar-refractivity contribution in [3.05, 3.63) is 34.7 Å². The Labute approximate surface area is 92.9 Å². The monoisotopic (exact) mass is 268 g/mol. The van der Waals surface area contributed by atoms with Crippen LogP contribution >= 0.6 is 15.9 Å². The second kappa shape index (κ2) is 3.82. The molecular weight excluding hydrogens is 264 g/mol. The van der Waals surface area contributed by atoms with E-state index in [0.717, 1.165) is 0 Å². The molecule has 0 fully saturated rings. The zero-order chi connectivity index (χ0) is 10.8. The molecule has 0 spiro atoms. The van der Waals surface area contributed by atoms with Crippen molar-refractivity contribution in [3.63, 3.8) is 0 Å². The van der Waals surface area contributed by atoms with Crippen LogP contribution in [0.25, 0.3) is 11.3 Å². The lowest BCUT2D eigenvalue weighted by Gasteiger charge is -1.96. The Hall–Kier alpha value is -1.69. The van der Waals surface area contributed by atoms with Gasteiger partial charge in [-0.3, -0.25) is 0 Å². The summed E-state index contributed by atoms with van der Waals surface area (Å²) in [7, 11) is 0. The molecule has 0 unspecified atom stereocenters. The van der Waals surface area contributed by atoms with Crippen molar-refractivity contribution < 1.29 is 14.4 Å². The van der Waals surface area contributed by atoms with Gasteiger partial charge in [-0.1, -0.05) is 5.16 Å². The zero-order valence-corrected chi connectivity index (χ0v) is 8.93. The number of carboxylic acid groups (broad SMARTS) is 1. The van der Waals surface area contributed by atoms with Crippen LogP contribution in [-0.2, 0) is 0 Å². The second-order valence-electron chi connectivity index (χ2n) is 2.74. The first-order valence-electron chi connectivity index (χ1n) is 3.98. The lowest BCUT2D eigenvalue weighted by molar-refractivity contribution is 0.0697. The van der Waals surface area contributed by atoms with Gasteiger partial charge in [0.1, 0.15) is 10.2 Å². The van der Waals surface area contributed by atoms with Crippen molar-refractivity contribution in [2.24, 2.45) is 0 Å². The maximum absolute atomic E-state index is 10.8. The van der Waals surface area contributed by atoms with E-state index in [-0.39, 0.29) is 11.3 Å². The average Bonchev–Trinajstić information content (AvgIpc) is 2.67. The van der Waals surface area contributed by atoms with Crippen molar-refractivity contribution in [1.82, 2.24) is 10.1 Å². The molecule has 2 rings (SSSR count). The van der Waals surface area contributed by atoms with Crippen molar-refractivity contribution in [1.29, 1.82) is 0 Å². The minimum atomic E-state index is -1.07. The number of aromatic carboxylic acids is 1. The fourth-order valence-electron chi connectivity index (χ4n) is 1.11. The molecule has 2 heterocycles. The summed E-state index contributed by atoms with van der Waals surface area (Å²) >= 11 is 3.18. The van der Waals surface area contributed by atoms with Crippen molar-refractivity contribution >= 4 is 21.9 Å². The van der Waals surface area contributed by atoms with E-state index in [1.807, 2.05) is 0 Å². The molecule has 0 amide bonds. The van der Waals surface area contributed by atoms with Crippen molar-refractivity contribution in [2.45, 2.75) is 0 Å². The third-order valence-corrected chi connectivity index (χ3v) is 2.26. The summed E-state index contributed by atoms with van der Waals surface area (Å²) < 4.78 is 5.53. The van der Waals surface area contributed by atoms with Crippen LogP contribution in [0, 0.1) is 0 Å². The summed E-state index contributed by atoms with van der Waals surface area (Å²) in [5, 5.41) is 12.3. The van der Waals surface area contributed by atoms with E-state index in [1.165, 1.54) is 12.4 Å². The number of carbonyl (C=O) groups is 1. The first-order chi connectivity index (χ1) is 7.18. The quantitative estimate of drug-likeness (QED) is 0.845. The summed E-state index contributed by atoms with van der Waals surface area (Å²) in [6.07, 6.45) is 2.68. The van der Waals surface area contributed by atoms with Gasteiger partial charge in [0.15, 0.2) is 5.76 Å². The minimum absolute atomic E-state index is 0.0270. The van der Waals surface area contributed by atoms with Gasteiger partial charge >= 0.3 is 5.97 Å². The number of pyridine rings is 1. The van der Waals surface area contributed by atoms with Crippen LogP contribution in [0.2, 0.25) is 0 Å². The number of nitrogens with zero attached hydrogens (tertiary/aromatic N) is 2. The van der Waals surface area contributed by atoms with Crippen LogP contribution in [0.15, 0.2) is 33.7 Å². The molecule has 0 aliphatic heterocycles. The van der Waals surface area contributed by atoms with E-state index < -0.39 is 5.97 Å². The molecule has 76 valence electrons. The fraction of sp³-hybridized carbons (Fsp3) is 0. The second-order valence-corrected chi connectivity index (χ2v) is 3.56. The van der Waals surface area contributed by atoms with Crippen molar-refractivity contribution in [2.75, 3.05) is 0 Å². The Morgan fingerprint density at radius 1 is 1.40 bits per heavy atom. The van der Waals surface area contributed by atoms with Gasteiger partial charge in [-0.2, -0.15) is 0 Å². The fourth-order valence-corrected chi connectivity index (χ4v) is 1.34. The number of carboxylic acids is 1. The smallest absolute Gasteiger partial charge is 0.341 e. The Morgan fingerprint density at radius 3 is 2.80 bits per heavy atom. The minimum Gasteiger partial charge on any atom is -0.477 e. The van der Waals surface area contributed by atoms with Gasteiger partial charge in [-0.05, 0) is 28.1 Å². The Morgan fingerprint density at radius 2 is 2.20 bits per heavy atom. The number of aromatic nitrogens is 2. The summed E-state index contributed by atoms with van der Waals surface area (Å²) in [6, 6.07) is 3.40. The molecule has 0 atom stereocenters. The maximum Gasteiger partial charge on any atom is 0.341 e. The summed E-state index contributed by atoms with van der Waals surface area (Å²) in [4.78, 5) is 14.8. The zero-order valence-electron chi connectivity index (χ0n) is 7.35. The molecule has 0 aromatic carbocycles. The number of hydrogen-bond acceptors (Lipinski definition) is 4. The molecule has 5 nitrogen and oxygen atoms in total. The lowest BCUT2D eigenvalue weighted by Crippen LogP contribution is -1.96. The van der Waals surface area contributed by atoms with Gasteiger partial charge in [0, 0.05) is 11.8 Å². The topological polar surface area (TPSA) is 76.2 Å². The lowest BCUT2D eigenvalue weighted by atomic mass is 10.1. The molecule has 0 radical (unpaired) electrons. The predicted octanol–water partition coefficient (Wildman–Crippen LogP) is 2.20. The van der Waals surface area contributed by atoms with Gasteiger partial charge < -0.3 is 9.63 Å². The van der Waals surface area contributed by atoms with Gasteiger partial charge in [-0.25, -0.2) is 9.78 Å². The first kappa shape index (κ1) is 9.85. The van der Waals surface area contributed by atoms with E-state index in [0.29, 0.717) is 10.2 Å². The third-order valence-electron chi connectivity index (χ3n) is 1.79. The maximum atomic E-state index is 10.8. The Kier molecular flexibility index (Phi) is 2.51. The highest BCUT2D eigenvalue weighted by Gasteiger charge is 2.16. The van der Waals surface area contributed by atoms with Crippen LogP contribution in [0.4, 0.5) is 0 Å². The predicted molar refractivity (Wildman–Crippen MR) is 54.4 cm³/mol. The molecule has 0 bridgehead atoms. The molecule has 15 heavy (non-hydrogen) atoms. The van der Waals surface area contributed by atoms with Gasteiger partial charge in [0.2, 0.25) is 0 Å². The van der Waals surface area contributed by atoms with Crippen LogP contribution in [0.1, 0.15) is 10.4 Å². The highest BCUT2D eigenvalue weighted by molar-refractivity contribution is 9.10. The van der Waals surface area contributed by atoms with Crippen LogP contribution in [0.3, 0.4) is 0 Å². The van der Waals surface area contributed by atoms with E-state index in [9.17, 15) is 4.79 Å². The van der Waals surface area contributed by atoms with E-state index in [1.54, 1.807) is 12.1 Å². The number of rotatable bonds is 2. The van der Waals surface area contributed by atoms with Crippen molar-refractivity contribution in [3.8, 4) is 11.3 Å². The number of halogens is 1. The Bertz CT molecular complexity index is 492. The molecule has 0 aliphatic carbocycles.